The van der Waals surface area contributed by atoms with Crippen molar-refractivity contribution < 1.29 is 13.9 Å². The molecule has 7 heteroatoms. The number of hydrogen-bond acceptors (Lipinski definition) is 5. The summed E-state index contributed by atoms with van der Waals surface area (Å²) in [4.78, 5) is 33.4. The van der Waals surface area contributed by atoms with Gasteiger partial charge in [0.25, 0.3) is 11.5 Å². The summed E-state index contributed by atoms with van der Waals surface area (Å²) in [5.41, 5.74) is 1.77. The van der Waals surface area contributed by atoms with E-state index in [-0.39, 0.29) is 11.5 Å². The van der Waals surface area contributed by atoms with Gasteiger partial charge < -0.3 is 19.0 Å². The monoisotopic (exact) mass is 353 g/mol. The van der Waals surface area contributed by atoms with Crippen molar-refractivity contribution in [3.63, 3.8) is 0 Å². The second-order valence-electron chi connectivity index (χ2n) is 6.49. The number of carbonyl (C=O) groups is 1. The summed E-state index contributed by atoms with van der Waals surface area (Å²) < 4.78 is 11.3. The van der Waals surface area contributed by atoms with Gasteiger partial charge in [0.2, 0.25) is 0 Å². The summed E-state index contributed by atoms with van der Waals surface area (Å²) in [5.74, 6) is 1.19. The number of aromatic nitrogens is 2. The van der Waals surface area contributed by atoms with Crippen molar-refractivity contribution >= 4 is 16.9 Å². The van der Waals surface area contributed by atoms with Crippen LogP contribution >= 0.6 is 0 Å². The molecule has 26 heavy (non-hydrogen) atoms. The Morgan fingerprint density at radius 2 is 2.12 bits per heavy atom. The standard InChI is InChI=1S/C19H19N3O4/c1-11-7-17(23)21-18(20-11)16-10-22(5-6-25-16)19(24)13-3-4-15-14(9-13)8-12(2)26-15/h3-4,7-9,16H,5-6,10H2,1-2H3,(H,20,21,23)/t16-/m1/s1. The average molecular weight is 353 g/mol. The fraction of sp³-hybridized carbons (Fsp3) is 0.316. The molecule has 0 aliphatic carbocycles. The van der Waals surface area contributed by atoms with Crippen molar-refractivity contribution in [3.8, 4) is 0 Å². The lowest BCUT2D eigenvalue weighted by molar-refractivity contribution is -0.0269. The highest BCUT2D eigenvalue weighted by Gasteiger charge is 2.28. The first-order chi connectivity index (χ1) is 12.5. The van der Waals surface area contributed by atoms with Crippen LogP contribution in [0.2, 0.25) is 0 Å². The van der Waals surface area contributed by atoms with Crippen molar-refractivity contribution in [1.29, 1.82) is 0 Å². The molecule has 0 saturated carbocycles. The first-order valence-corrected chi connectivity index (χ1v) is 8.48. The SMILES string of the molecule is Cc1cc(=O)[nH]c([C@H]2CN(C(=O)c3ccc4oc(C)cc4c3)CCO2)n1. The molecule has 4 rings (SSSR count). The van der Waals surface area contributed by atoms with Crippen LogP contribution in [0.15, 0.2) is 39.5 Å². The van der Waals surface area contributed by atoms with E-state index in [2.05, 4.69) is 9.97 Å². The third kappa shape index (κ3) is 3.13. The van der Waals surface area contributed by atoms with Crippen LogP contribution in [-0.4, -0.2) is 40.5 Å². The van der Waals surface area contributed by atoms with E-state index in [4.69, 9.17) is 9.15 Å². The van der Waals surface area contributed by atoms with Gasteiger partial charge in [-0.25, -0.2) is 4.98 Å². The van der Waals surface area contributed by atoms with Crippen molar-refractivity contribution in [2.75, 3.05) is 19.7 Å². The van der Waals surface area contributed by atoms with Crippen LogP contribution in [0.1, 0.15) is 33.7 Å². The van der Waals surface area contributed by atoms with Gasteiger partial charge in [-0.05, 0) is 38.1 Å². The Kier molecular flexibility index (Phi) is 4.08. The number of benzene rings is 1. The summed E-state index contributed by atoms with van der Waals surface area (Å²) >= 11 is 0. The van der Waals surface area contributed by atoms with Crippen molar-refractivity contribution in [2.45, 2.75) is 20.0 Å². The van der Waals surface area contributed by atoms with E-state index in [9.17, 15) is 9.59 Å². The van der Waals surface area contributed by atoms with Crippen LogP contribution in [0.5, 0.6) is 0 Å². The Morgan fingerprint density at radius 3 is 2.92 bits per heavy atom. The molecule has 7 nitrogen and oxygen atoms in total. The number of amides is 1. The number of carbonyl (C=O) groups excluding carboxylic acids is 1. The molecule has 0 unspecified atom stereocenters. The predicted octanol–water partition coefficient (Wildman–Crippen LogP) is 2.35. The number of aromatic amines is 1. The lowest BCUT2D eigenvalue weighted by Crippen LogP contribution is -2.43. The highest BCUT2D eigenvalue weighted by molar-refractivity contribution is 5.97. The molecule has 1 amide bonds. The molecule has 0 spiro atoms. The Bertz CT molecular complexity index is 1040. The van der Waals surface area contributed by atoms with Gasteiger partial charge in [0.15, 0.2) is 0 Å². The van der Waals surface area contributed by atoms with Gasteiger partial charge in [-0.1, -0.05) is 0 Å². The minimum absolute atomic E-state index is 0.0750. The molecular formula is C19H19N3O4. The summed E-state index contributed by atoms with van der Waals surface area (Å²) in [5, 5.41) is 0.905. The van der Waals surface area contributed by atoms with Crippen molar-refractivity contribution in [2.24, 2.45) is 0 Å². The number of hydrogen-bond donors (Lipinski definition) is 1. The van der Waals surface area contributed by atoms with Crippen LogP contribution in [0.4, 0.5) is 0 Å². The van der Waals surface area contributed by atoms with E-state index in [1.165, 1.54) is 6.07 Å². The highest BCUT2D eigenvalue weighted by Crippen LogP contribution is 2.23. The Morgan fingerprint density at radius 1 is 1.27 bits per heavy atom. The molecule has 3 aromatic rings. The number of nitrogens with zero attached hydrogens (tertiary/aromatic N) is 2. The van der Waals surface area contributed by atoms with Gasteiger partial charge in [-0.15, -0.1) is 0 Å². The smallest absolute Gasteiger partial charge is 0.254 e. The zero-order valence-corrected chi connectivity index (χ0v) is 14.6. The second kappa shape index (κ2) is 6.42. The third-order valence-electron chi connectivity index (χ3n) is 4.43. The van der Waals surface area contributed by atoms with Crippen LogP contribution in [-0.2, 0) is 4.74 Å². The molecule has 134 valence electrons. The number of ether oxygens (including phenoxy) is 1. The van der Waals surface area contributed by atoms with Gasteiger partial charge in [-0.2, -0.15) is 0 Å². The molecule has 1 aliphatic rings. The fourth-order valence-electron chi connectivity index (χ4n) is 3.25. The quantitative estimate of drug-likeness (QED) is 0.764. The molecule has 1 saturated heterocycles. The van der Waals surface area contributed by atoms with E-state index >= 15 is 0 Å². The maximum absolute atomic E-state index is 12.9. The first kappa shape index (κ1) is 16.5. The molecule has 3 heterocycles. The van der Waals surface area contributed by atoms with Crippen LogP contribution in [0.25, 0.3) is 11.0 Å². The Balaban J connectivity index is 1.58. The molecule has 0 radical (unpaired) electrons. The normalized spacial score (nSPS) is 17.6. The van der Waals surface area contributed by atoms with Crippen molar-refractivity contribution in [3.05, 3.63) is 63.5 Å². The minimum Gasteiger partial charge on any atom is -0.461 e. The predicted molar refractivity (Wildman–Crippen MR) is 95.1 cm³/mol. The van der Waals surface area contributed by atoms with E-state index in [0.29, 0.717) is 36.8 Å². The molecular weight excluding hydrogens is 334 g/mol. The number of morpholine rings is 1. The Hall–Kier alpha value is -2.93. The molecule has 1 N–H and O–H groups in total. The van der Waals surface area contributed by atoms with E-state index in [0.717, 1.165) is 16.7 Å². The topological polar surface area (TPSA) is 88.4 Å². The first-order valence-electron chi connectivity index (χ1n) is 8.48. The van der Waals surface area contributed by atoms with Crippen LogP contribution < -0.4 is 5.56 Å². The van der Waals surface area contributed by atoms with Gasteiger partial charge in [0, 0.05) is 29.3 Å². The maximum atomic E-state index is 12.9. The molecule has 0 bridgehead atoms. The zero-order chi connectivity index (χ0) is 18.3. The zero-order valence-electron chi connectivity index (χ0n) is 14.6. The summed E-state index contributed by atoms with van der Waals surface area (Å²) in [7, 11) is 0. The van der Waals surface area contributed by atoms with E-state index in [1.807, 2.05) is 25.1 Å². The Labute approximate surface area is 149 Å². The summed E-state index contributed by atoms with van der Waals surface area (Å²) in [6.07, 6.45) is -0.444. The third-order valence-corrected chi connectivity index (χ3v) is 4.43. The van der Waals surface area contributed by atoms with Gasteiger partial charge in [0.05, 0.1) is 13.2 Å². The lowest BCUT2D eigenvalue weighted by Gasteiger charge is -2.32. The lowest BCUT2D eigenvalue weighted by atomic mass is 10.1. The summed E-state index contributed by atoms with van der Waals surface area (Å²) in [6.45, 7) is 4.86. The number of fused-ring (bicyclic) bond motifs is 1. The largest absolute Gasteiger partial charge is 0.461 e. The maximum Gasteiger partial charge on any atom is 0.254 e. The van der Waals surface area contributed by atoms with Crippen LogP contribution in [0.3, 0.4) is 0 Å². The number of aryl methyl sites for hydroxylation is 2. The van der Waals surface area contributed by atoms with Gasteiger partial charge in [-0.3, -0.25) is 9.59 Å². The molecule has 1 fully saturated rings. The van der Waals surface area contributed by atoms with E-state index < -0.39 is 6.10 Å². The molecule has 2 aromatic heterocycles. The highest BCUT2D eigenvalue weighted by atomic mass is 16.5. The number of H-pyrrole nitrogens is 1. The summed E-state index contributed by atoms with van der Waals surface area (Å²) in [6, 6.07) is 8.76. The van der Waals surface area contributed by atoms with Gasteiger partial charge >= 0.3 is 0 Å². The van der Waals surface area contributed by atoms with Crippen LogP contribution in [0, 0.1) is 13.8 Å². The number of rotatable bonds is 2. The second-order valence-corrected chi connectivity index (χ2v) is 6.49. The number of furan rings is 1. The van der Waals surface area contributed by atoms with Crippen molar-refractivity contribution in [1.82, 2.24) is 14.9 Å². The van der Waals surface area contributed by atoms with Gasteiger partial charge in [0.1, 0.15) is 23.3 Å². The minimum atomic E-state index is -0.444. The fourth-order valence-corrected chi connectivity index (χ4v) is 3.25. The molecule has 1 aliphatic heterocycles. The molecule has 1 atom stereocenters. The molecule has 1 aromatic carbocycles. The van der Waals surface area contributed by atoms with E-state index in [1.54, 1.807) is 17.9 Å². The number of nitrogens with one attached hydrogen (secondary N) is 1. The average Bonchev–Trinajstić information content (AvgIpc) is 2.99.